The molecule has 3 amide bonds. The van der Waals surface area contributed by atoms with E-state index in [-0.39, 0.29) is 18.4 Å². The van der Waals surface area contributed by atoms with E-state index in [9.17, 15) is 9.59 Å². The van der Waals surface area contributed by atoms with Gasteiger partial charge in [-0.15, -0.1) is 11.3 Å². The van der Waals surface area contributed by atoms with Gasteiger partial charge in [0, 0.05) is 63.4 Å². The first-order valence-electron chi connectivity index (χ1n) is 10.8. The fourth-order valence-corrected chi connectivity index (χ4v) is 4.63. The van der Waals surface area contributed by atoms with Crippen LogP contribution < -0.4 is 10.2 Å². The van der Waals surface area contributed by atoms with E-state index in [1.807, 2.05) is 10.3 Å². The number of amides is 3. The summed E-state index contributed by atoms with van der Waals surface area (Å²) in [4.78, 5) is 37.9. The number of aryl methyl sites for hydroxylation is 1. The van der Waals surface area contributed by atoms with Gasteiger partial charge in [0.15, 0.2) is 5.13 Å². The number of nitrogens with zero attached hydrogens (tertiary/aromatic N) is 5. The number of nitrogens with one attached hydrogen (secondary N) is 1. The highest BCUT2D eigenvalue weighted by Gasteiger charge is 2.23. The molecular formula is C22H30N6O2S. The minimum Gasteiger partial charge on any atom is -0.368 e. The maximum atomic E-state index is 12.7. The monoisotopic (exact) mass is 442 g/mol. The lowest BCUT2D eigenvalue weighted by molar-refractivity contribution is -0.130. The molecule has 0 spiro atoms. The summed E-state index contributed by atoms with van der Waals surface area (Å²) in [6.45, 7) is 8.37. The SMILES string of the molecule is Cc1cccc(N2CCN(C(=O)Cc3csc(NC(=O)N4CCN(C)CC4)n3)CC2)c1. The van der Waals surface area contributed by atoms with E-state index in [2.05, 4.69) is 58.3 Å². The number of likely N-dealkylation sites (N-methyl/N-ethyl adjacent to an activating group) is 1. The van der Waals surface area contributed by atoms with Crippen molar-refractivity contribution >= 4 is 34.1 Å². The van der Waals surface area contributed by atoms with Crippen LogP contribution in [-0.4, -0.2) is 91.0 Å². The summed E-state index contributed by atoms with van der Waals surface area (Å²) < 4.78 is 0. The number of piperazine rings is 2. The maximum Gasteiger partial charge on any atom is 0.323 e. The minimum absolute atomic E-state index is 0.0890. The van der Waals surface area contributed by atoms with Gasteiger partial charge >= 0.3 is 6.03 Å². The molecule has 1 aromatic carbocycles. The van der Waals surface area contributed by atoms with E-state index in [0.717, 1.165) is 26.2 Å². The first kappa shape index (κ1) is 21.6. The van der Waals surface area contributed by atoms with Gasteiger partial charge in [0.1, 0.15) is 0 Å². The van der Waals surface area contributed by atoms with Crippen LogP contribution in [-0.2, 0) is 11.2 Å². The molecule has 2 aliphatic rings. The summed E-state index contributed by atoms with van der Waals surface area (Å²) in [7, 11) is 2.06. The number of urea groups is 1. The summed E-state index contributed by atoms with van der Waals surface area (Å²) >= 11 is 1.37. The average molecular weight is 443 g/mol. The Hall–Kier alpha value is -2.65. The molecule has 0 saturated carbocycles. The van der Waals surface area contributed by atoms with Gasteiger partial charge in [0.05, 0.1) is 12.1 Å². The standard InChI is InChI=1S/C22H30N6O2S/c1-17-4-3-5-19(14-17)26-10-12-27(13-11-26)20(29)15-18-16-31-21(23-18)24-22(30)28-8-6-25(2)7-9-28/h3-5,14,16H,6-13,15H2,1-2H3,(H,23,24,30). The predicted molar refractivity (Wildman–Crippen MR) is 124 cm³/mol. The molecule has 2 saturated heterocycles. The Bertz CT molecular complexity index is 916. The fourth-order valence-electron chi connectivity index (χ4n) is 3.93. The zero-order valence-corrected chi connectivity index (χ0v) is 19.0. The number of carbonyl (C=O) groups is 2. The van der Waals surface area contributed by atoms with Gasteiger partial charge in [0.25, 0.3) is 0 Å². The third kappa shape index (κ3) is 5.54. The van der Waals surface area contributed by atoms with Crippen LogP contribution in [0.1, 0.15) is 11.3 Å². The molecule has 1 aromatic heterocycles. The third-order valence-corrected chi connectivity index (χ3v) is 6.69. The molecule has 31 heavy (non-hydrogen) atoms. The van der Waals surface area contributed by atoms with Gasteiger partial charge in [-0.25, -0.2) is 9.78 Å². The van der Waals surface area contributed by atoms with E-state index in [1.54, 1.807) is 4.90 Å². The smallest absolute Gasteiger partial charge is 0.323 e. The minimum atomic E-state index is -0.118. The van der Waals surface area contributed by atoms with Crippen LogP contribution in [0.3, 0.4) is 0 Å². The normalized spacial score (nSPS) is 17.7. The van der Waals surface area contributed by atoms with E-state index in [0.29, 0.717) is 37.0 Å². The van der Waals surface area contributed by atoms with E-state index in [1.165, 1.54) is 22.6 Å². The lowest BCUT2D eigenvalue weighted by Gasteiger charge is -2.36. The first-order chi connectivity index (χ1) is 15.0. The van der Waals surface area contributed by atoms with Crippen molar-refractivity contribution in [3.8, 4) is 0 Å². The molecule has 166 valence electrons. The largest absolute Gasteiger partial charge is 0.368 e. The number of anilines is 2. The summed E-state index contributed by atoms with van der Waals surface area (Å²) in [5, 5.41) is 5.29. The summed E-state index contributed by atoms with van der Waals surface area (Å²) in [6.07, 6.45) is 0.269. The zero-order chi connectivity index (χ0) is 21.8. The van der Waals surface area contributed by atoms with Crippen LogP contribution in [0, 0.1) is 6.92 Å². The summed E-state index contributed by atoms with van der Waals surface area (Å²) in [5.74, 6) is 0.0890. The van der Waals surface area contributed by atoms with Crippen molar-refractivity contribution in [3.63, 3.8) is 0 Å². The number of carbonyl (C=O) groups excluding carboxylic acids is 2. The molecule has 0 unspecified atom stereocenters. The molecular weight excluding hydrogens is 412 g/mol. The Balaban J connectivity index is 1.25. The Morgan fingerprint density at radius 2 is 1.74 bits per heavy atom. The van der Waals surface area contributed by atoms with Gasteiger partial charge in [-0.3, -0.25) is 10.1 Å². The second kappa shape index (κ2) is 9.65. The van der Waals surface area contributed by atoms with Crippen LogP contribution in [0.25, 0.3) is 0 Å². The Kier molecular flexibility index (Phi) is 6.72. The van der Waals surface area contributed by atoms with Crippen LogP contribution in [0.4, 0.5) is 15.6 Å². The van der Waals surface area contributed by atoms with Crippen LogP contribution in [0.15, 0.2) is 29.6 Å². The van der Waals surface area contributed by atoms with Crippen molar-refractivity contribution in [1.82, 2.24) is 19.7 Å². The van der Waals surface area contributed by atoms with Crippen LogP contribution in [0.2, 0.25) is 0 Å². The van der Waals surface area contributed by atoms with Crippen molar-refractivity contribution in [3.05, 3.63) is 40.9 Å². The average Bonchev–Trinajstić information content (AvgIpc) is 3.21. The molecule has 3 heterocycles. The molecule has 0 atom stereocenters. The molecule has 1 N–H and O–H groups in total. The van der Waals surface area contributed by atoms with E-state index in [4.69, 9.17) is 0 Å². The Morgan fingerprint density at radius 1 is 1.03 bits per heavy atom. The molecule has 0 aliphatic carbocycles. The van der Waals surface area contributed by atoms with Gasteiger partial charge < -0.3 is 19.6 Å². The quantitative estimate of drug-likeness (QED) is 0.785. The first-order valence-corrected chi connectivity index (χ1v) is 11.6. The van der Waals surface area contributed by atoms with Gasteiger partial charge in [-0.2, -0.15) is 0 Å². The lowest BCUT2D eigenvalue weighted by atomic mass is 10.2. The topological polar surface area (TPSA) is 72.0 Å². The molecule has 8 nitrogen and oxygen atoms in total. The number of hydrogen-bond acceptors (Lipinski definition) is 6. The molecule has 2 aliphatic heterocycles. The van der Waals surface area contributed by atoms with Crippen molar-refractivity contribution in [2.24, 2.45) is 0 Å². The van der Waals surface area contributed by atoms with Crippen LogP contribution in [0.5, 0.6) is 0 Å². The molecule has 0 bridgehead atoms. The van der Waals surface area contributed by atoms with E-state index >= 15 is 0 Å². The lowest BCUT2D eigenvalue weighted by Crippen LogP contribution is -2.49. The molecule has 2 aromatic rings. The number of aromatic nitrogens is 1. The molecule has 0 radical (unpaired) electrons. The Morgan fingerprint density at radius 3 is 2.45 bits per heavy atom. The molecule has 9 heteroatoms. The highest BCUT2D eigenvalue weighted by atomic mass is 32.1. The third-order valence-electron chi connectivity index (χ3n) is 5.89. The highest BCUT2D eigenvalue weighted by molar-refractivity contribution is 7.13. The second-order valence-electron chi connectivity index (χ2n) is 8.25. The number of thiazole rings is 1. The number of hydrogen-bond donors (Lipinski definition) is 1. The van der Waals surface area contributed by atoms with Gasteiger partial charge in [-0.1, -0.05) is 12.1 Å². The zero-order valence-electron chi connectivity index (χ0n) is 18.2. The predicted octanol–water partition coefficient (Wildman–Crippen LogP) is 2.12. The maximum absolute atomic E-state index is 12.7. The number of benzene rings is 1. The van der Waals surface area contributed by atoms with Crippen molar-refractivity contribution in [1.29, 1.82) is 0 Å². The van der Waals surface area contributed by atoms with Crippen molar-refractivity contribution in [2.45, 2.75) is 13.3 Å². The Labute approximate surface area is 187 Å². The van der Waals surface area contributed by atoms with Crippen LogP contribution >= 0.6 is 11.3 Å². The second-order valence-corrected chi connectivity index (χ2v) is 9.11. The fraction of sp³-hybridized carbons (Fsp3) is 0.500. The number of rotatable bonds is 4. The summed E-state index contributed by atoms with van der Waals surface area (Å²) in [6, 6.07) is 8.36. The molecule has 2 fully saturated rings. The van der Waals surface area contributed by atoms with Gasteiger partial charge in [0.2, 0.25) is 5.91 Å². The van der Waals surface area contributed by atoms with E-state index < -0.39 is 0 Å². The molecule has 4 rings (SSSR count). The van der Waals surface area contributed by atoms with Crippen molar-refractivity contribution < 1.29 is 9.59 Å². The van der Waals surface area contributed by atoms with Gasteiger partial charge in [-0.05, 0) is 31.7 Å². The summed E-state index contributed by atoms with van der Waals surface area (Å²) in [5.41, 5.74) is 3.17. The van der Waals surface area contributed by atoms with Crippen molar-refractivity contribution in [2.75, 3.05) is 69.6 Å². The highest BCUT2D eigenvalue weighted by Crippen LogP contribution is 2.20.